The molecule has 0 bridgehead atoms. The summed E-state index contributed by atoms with van der Waals surface area (Å²) in [6, 6.07) is 10.1. The van der Waals surface area contributed by atoms with E-state index in [1.54, 1.807) is 11.3 Å². The van der Waals surface area contributed by atoms with Gasteiger partial charge in [-0.3, -0.25) is 4.40 Å². The smallest absolute Gasteiger partial charge is 0.153 e. The Morgan fingerprint density at radius 1 is 1.35 bits per heavy atom. The Morgan fingerprint density at radius 3 is 2.94 bits per heavy atom. The first-order valence-electron chi connectivity index (χ1n) is 5.23. The van der Waals surface area contributed by atoms with E-state index in [0.717, 1.165) is 21.8 Å². The predicted molar refractivity (Wildman–Crippen MR) is 68.0 cm³/mol. The summed E-state index contributed by atoms with van der Waals surface area (Å²) in [4.78, 5) is 5.61. The number of nitriles is 1. The van der Waals surface area contributed by atoms with Crippen LogP contribution in [0.25, 0.3) is 16.2 Å². The molecule has 0 aliphatic rings. The molecule has 0 N–H and O–H groups in total. The highest BCUT2D eigenvalue weighted by atomic mass is 32.1. The fourth-order valence-corrected chi connectivity index (χ4v) is 2.61. The highest BCUT2D eigenvalue weighted by molar-refractivity contribution is 7.13. The fraction of sp³-hybridized carbons (Fsp3) is 0.0769. The molecule has 3 heterocycles. The average molecular weight is 239 g/mol. The Balaban J connectivity index is 2.41. The number of hydrogen-bond donors (Lipinski definition) is 0. The summed E-state index contributed by atoms with van der Waals surface area (Å²) >= 11 is 1.60. The van der Waals surface area contributed by atoms with Crippen molar-refractivity contribution in [2.45, 2.75) is 6.92 Å². The molecule has 0 aromatic carbocycles. The van der Waals surface area contributed by atoms with Crippen LogP contribution in [-0.2, 0) is 0 Å². The Morgan fingerprint density at radius 2 is 2.24 bits per heavy atom. The summed E-state index contributed by atoms with van der Waals surface area (Å²) in [5, 5.41) is 11.3. The minimum atomic E-state index is 0.603. The maximum atomic E-state index is 9.29. The van der Waals surface area contributed by atoms with Crippen molar-refractivity contribution in [3.05, 3.63) is 47.1 Å². The van der Waals surface area contributed by atoms with Gasteiger partial charge in [-0.1, -0.05) is 12.1 Å². The lowest BCUT2D eigenvalue weighted by molar-refractivity contribution is 1.14. The topological polar surface area (TPSA) is 41.1 Å². The maximum absolute atomic E-state index is 9.29. The third-order valence-corrected chi connectivity index (χ3v) is 3.58. The summed E-state index contributed by atoms with van der Waals surface area (Å²) in [7, 11) is 0. The second-order valence-electron chi connectivity index (χ2n) is 3.78. The number of aromatic nitrogens is 2. The average Bonchev–Trinajstić information content (AvgIpc) is 2.95. The van der Waals surface area contributed by atoms with E-state index >= 15 is 0 Å². The lowest BCUT2D eigenvalue weighted by Gasteiger charge is -1.96. The van der Waals surface area contributed by atoms with Crippen molar-refractivity contribution < 1.29 is 0 Å². The van der Waals surface area contributed by atoms with Crippen LogP contribution in [0.4, 0.5) is 0 Å². The molecular weight excluding hydrogens is 230 g/mol. The van der Waals surface area contributed by atoms with Crippen LogP contribution in [0, 0.1) is 18.3 Å². The van der Waals surface area contributed by atoms with Gasteiger partial charge in [-0.15, -0.1) is 11.3 Å². The van der Waals surface area contributed by atoms with E-state index in [2.05, 4.69) is 11.1 Å². The predicted octanol–water partition coefficient (Wildman–Crippen LogP) is 3.24. The summed E-state index contributed by atoms with van der Waals surface area (Å²) in [5.41, 5.74) is 3.31. The van der Waals surface area contributed by atoms with E-state index in [0.29, 0.717) is 5.69 Å². The first-order chi connectivity index (χ1) is 8.31. The quantitative estimate of drug-likeness (QED) is 0.654. The van der Waals surface area contributed by atoms with Gasteiger partial charge in [0.2, 0.25) is 0 Å². The highest BCUT2D eigenvalue weighted by Gasteiger charge is 2.14. The van der Waals surface area contributed by atoms with Crippen molar-refractivity contribution in [3.63, 3.8) is 0 Å². The van der Waals surface area contributed by atoms with Crippen LogP contribution in [0.2, 0.25) is 0 Å². The molecule has 3 aromatic rings. The van der Waals surface area contributed by atoms with Crippen LogP contribution in [-0.4, -0.2) is 9.38 Å². The number of rotatable bonds is 1. The largest absolute Gasteiger partial charge is 0.290 e. The SMILES string of the molecule is Cc1cccn2c(C#N)c(-c3cccs3)nc12. The van der Waals surface area contributed by atoms with Crippen molar-refractivity contribution in [2.24, 2.45) is 0 Å². The van der Waals surface area contributed by atoms with Gasteiger partial charge in [0.1, 0.15) is 17.4 Å². The molecular formula is C13H9N3S. The summed E-state index contributed by atoms with van der Waals surface area (Å²) in [6.45, 7) is 2.00. The molecule has 82 valence electrons. The maximum Gasteiger partial charge on any atom is 0.153 e. The van der Waals surface area contributed by atoms with Crippen molar-refractivity contribution in [2.75, 3.05) is 0 Å². The van der Waals surface area contributed by atoms with Crippen molar-refractivity contribution in [1.82, 2.24) is 9.38 Å². The zero-order valence-corrected chi connectivity index (χ0v) is 10.0. The van der Waals surface area contributed by atoms with Gasteiger partial charge < -0.3 is 0 Å². The first kappa shape index (κ1) is 10.1. The Kier molecular flexibility index (Phi) is 2.20. The van der Waals surface area contributed by atoms with Crippen LogP contribution in [0.3, 0.4) is 0 Å². The van der Waals surface area contributed by atoms with Gasteiger partial charge in [0.25, 0.3) is 0 Å². The van der Waals surface area contributed by atoms with Crippen molar-refractivity contribution >= 4 is 17.0 Å². The molecule has 0 saturated carbocycles. The normalized spacial score (nSPS) is 10.6. The molecule has 0 spiro atoms. The van der Waals surface area contributed by atoms with E-state index < -0.39 is 0 Å². The van der Waals surface area contributed by atoms with Gasteiger partial charge in [-0.05, 0) is 30.0 Å². The second kappa shape index (κ2) is 3.72. The molecule has 3 nitrogen and oxygen atoms in total. The van der Waals surface area contributed by atoms with Gasteiger partial charge in [0, 0.05) is 6.20 Å². The van der Waals surface area contributed by atoms with Crippen LogP contribution in [0.15, 0.2) is 35.8 Å². The number of aryl methyl sites for hydroxylation is 1. The zero-order chi connectivity index (χ0) is 11.8. The number of imidazole rings is 1. The van der Waals surface area contributed by atoms with Crippen LogP contribution >= 0.6 is 11.3 Å². The number of fused-ring (bicyclic) bond motifs is 1. The number of thiophene rings is 1. The number of pyridine rings is 1. The molecule has 0 unspecified atom stereocenters. The number of hydrogen-bond acceptors (Lipinski definition) is 3. The molecule has 3 aromatic heterocycles. The molecule has 0 atom stereocenters. The molecule has 0 amide bonds. The minimum Gasteiger partial charge on any atom is -0.290 e. The third kappa shape index (κ3) is 1.44. The Bertz CT molecular complexity index is 717. The molecule has 3 rings (SSSR count). The first-order valence-corrected chi connectivity index (χ1v) is 6.11. The molecule has 0 saturated heterocycles. The van der Waals surface area contributed by atoms with Gasteiger partial charge in [-0.25, -0.2) is 4.98 Å². The molecule has 17 heavy (non-hydrogen) atoms. The zero-order valence-electron chi connectivity index (χ0n) is 9.21. The molecule has 0 radical (unpaired) electrons. The molecule has 0 aliphatic heterocycles. The number of nitrogens with zero attached hydrogens (tertiary/aromatic N) is 3. The highest BCUT2D eigenvalue weighted by Crippen LogP contribution is 2.28. The third-order valence-electron chi connectivity index (χ3n) is 2.71. The monoisotopic (exact) mass is 239 g/mol. The van der Waals surface area contributed by atoms with Gasteiger partial charge in [0.15, 0.2) is 5.69 Å². The van der Waals surface area contributed by atoms with Crippen LogP contribution < -0.4 is 0 Å². The van der Waals surface area contributed by atoms with Crippen LogP contribution in [0.5, 0.6) is 0 Å². The van der Waals surface area contributed by atoms with E-state index in [4.69, 9.17) is 0 Å². The van der Waals surface area contributed by atoms with E-state index in [-0.39, 0.29) is 0 Å². The van der Waals surface area contributed by atoms with Crippen molar-refractivity contribution in [1.29, 1.82) is 5.26 Å². The lowest BCUT2D eigenvalue weighted by Crippen LogP contribution is -1.89. The molecule has 0 fully saturated rings. The fourth-order valence-electron chi connectivity index (χ4n) is 1.90. The van der Waals surface area contributed by atoms with Gasteiger partial charge in [-0.2, -0.15) is 5.26 Å². The van der Waals surface area contributed by atoms with Crippen molar-refractivity contribution in [3.8, 4) is 16.6 Å². The van der Waals surface area contributed by atoms with Crippen LogP contribution in [0.1, 0.15) is 11.3 Å². The Labute approximate surface area is 103 Å². The van der Waals surface area contributed by atoms with Gasteiger partial charge >= 0.3 is 0 Å². The van der Waals surface area contributed by atoms with E-state index in [1.807, 2.05) is 47.2 Å². The summed E-state index contributed by atoms with van der Waals surface area (Å²) in [5.74, 6) is 0. The minimum absolute atomic E-state index is 0.603. The molecule has 4 heteroatoms. The van der Waals surface area contributed by atoms with E-state index in [1.165, 1.54) is 0 Å². The van der Waals surface area contributed by atoms with Gasteiger partial charge in [0.05, 0.1) is 4.88 Å². The lowest BCUT2D eigenvalue weighted by atomic mass is 10.3. The summed E-state index contributed by atoms with van der Waals surface area (Å²) < 4.78 is 1.85. The standard InChI is InChI=1S/C13H9N3S/c1-9-4-2-6-16-10(8-14)12(15-13(9)16)11-5-3-7-17-11/h2-7H,1H3. The summed E-state index contributed by atoms with van der Waals surface area (Å²) in [6.07, 6.45) is 1.88. The Hall–Kier alpha value is -2.12. The second-order valence-corrected chi connectivity index (χ2v) is 4.73. The van der Waals surface area contributed by atoms with E-state index in [9.17, 15) is 5.26 Å². The molecule has 0 aliphatic carbocycles.